The molecule has 27 heavy (non-hydrogen) atoms. The lowest BCUT2D eigenvalue weighted by atomic mass is 9.79. The number of halogens is 1. The van der Waals surface area contributed by atoms with E-state index in [0.29, 0.717) is 23.6 Å². The number of nitrogens with one attached hydrogen (secondary N) is 3. The topological polar surface area (TPSA) is 74.0 Å². The van der Waals surface area contributed by atoms with E-state index in [4.69, 9.17) is 11.6 Å². The predicted octanol–water partition coefficient (Wildman–Crippen LogP) is 3.08. The molecule has 0 saturated carbocycles. The summed E-state index contributed by atoms with van der Waals surface area (Å²) in [5.74, 6) is -0.577. The highest BCUT2D eigenvalue weighted by Gasteiger charge is 2.34. The zero-order valence-corrected chi connectivity index (χ0v) is 15.6. The van der Waals surface area contributed by atoms with Gasteiger partial charge in [-0.3, -0.25) is 9.59 Å². The fraction of sp³-hybridized carbons (Fsp3) is 0.238. The minimum absolute atomic E-state index is 0.0572. The molecular formula is C21H20ClN3O2. The second-order valence-corrected chi connectivity index (χ2v) is 7.33. The van der Waals surface area contributed by atoms with Crippen LogP contribution in [0.3, 0.4) is 0 Å². The van der Waals surface area contributed by atoms with E-state index in [2.05, 4.69) is 21.7 Å². The molecule has 2 atom stereocenters. The number of aromatic amines is 1. The van der Waals surface area contributed by atoms with Crippen molar-refractivity contribution < 1.29 is 9.59 Å². The smallest absolute Gasteiger partial charge is 0.267 e. The number of hydrogen-bond acceptors (Lipinski definition) is 2. The summed E-state index contributed by atoms with van der Waals surface area (Å²) in [5.41, 5.74) is 3.64. The summed E-state index contributed by atoms with van der Waals surface area (Å²) < 4.78 is 0. The van der Waals surface area contributed by atoms with Crippen LogP contribution in [-0.2, 0) is 17.6 Å². The fourth-order valence-electron chi connectivity index (χ4n) is 3.80. The Bertz CT molecular complexity index is 1030. The molecule has 1 aliphatic carbocycles. The van der Waals surface area contributed by atoms with E-state index in [1.165, 1.54) is 5.56 Å². The van der Waals surface area contributed by atoms with E-state index in [-0.39, 0.29) is 23.8 Å². The van der Waals surface area contributed by atoms with Gasteiger partial charge in [-0.05, 0) is 48.2 Å². The largest absolute Gasteiger partial charge is 0.359 e. The van der Waals surface area contributed by atoms with Crippen molar-refractivity contribution in [3.05, 3.63) is 70.4 Å². The van der Waals surface area contributed by atoms with Gasteiger partial charge < -0.3 is 15.6 Å². The van der Waals surface area contributed by atoms with Gasteiger partial charge in [0.25, 0.3) is 5.91 Å². The Morgan fingerprint density at radius 2 is 1.81 bits per heavy atom. The molecule has 0 fully saturated rings. The predicted molar refractivity (Wildman–Crippen MR) is 106 cm³/mol. The molecule has 138 valence electrons. The average molecular weight is 382 g/mol. The molecular weight excluding hydrogens is 362 g/mol. The summed E-state index contributed by atoms with van der Waals surface area (Å²) in [6, 6.07) is 15.0. The van der Waals surface area contributed by atoms with Crippen LogP contribution in [0.15, 0.2) is 48.5 Å². The van der Waals surface area contributed by atoms with Crippen LogP contribution in [0.5, 0.6) is 0 Å². The van der Waals surface area contributed by atoms with Crippen molar-refractivity contribution in [3.8, 4) is 0 Å². The minimum atomic E-state index is -0.298. The molecule has 0 saturated heterocycles. The van der Waals surface area contributed by atoms with E-state index in [1.54, 1.807) is 19.2 Å². The molecule has 3 aromatic rings. The maximum Gasteiger partial charge on any atom is 0.267 e. The number of carbonyl (C=O) groups excluding carboxylic acids is 2. The highest BCUT2D eigenvalue weighted by Crippen LogP contribution is 2.27. The average Bonchev–Trinajstić information content (AvgIpc) is 3.10. The Labute approximate surface area is 162 Å². The minimum Gasteiger partial charge on any atom is -0.359 e. The number of carbonyl (C=O) groups is 2. The van der Waals surface area contributed by atoms with Gasteiger partial charge in [-0.2, -0.15) is 0 Å². The number of rotatable bonds is 3. The SMILES string of the molecule is CNC(=O)[C@@H]1Cc2ccccc2CC1NC(=O)c1cc2cc(Cl)ccc2[nH]1. The Morgan fingerprint density at radius 1 is 1.07 bits per heavy atom. The van der Waals surface area contributed by atoms with Crippen LogP contribution in [0.2, 0.25) is 5.02 Å². The van der Waals surface area contributed by atoms with Crippen LogP contribution in [0.1, 0.15) is 21.6 Å². The lowest BCUT2D eigenvalue weighted by molar-refractivity contribution is -0.125. The van der Waals surface area contributed by atoms with Gasteiger partial charge in [-0.1, -0.05) is 35.9 Å². The summed E-state index contributed by atoms with van der Waals surface area (Å²) in [6.45, 7) is 0. The monoisotopic (exact) mass is 381 g/mol. The van der Waals surface area contributed by atoms with Gasteiger partial charge in [0.15, 0.2) is 0 Å². The summed E-state index contributed by atoms with van der Waals surface area (Å²) in [7, 11) is 1.63. The summed E-state index contributed by atoms with van der Waals surface area (Å²) in [4.78, 5) is 28.3. The fourth-order valence-corrected chi connectivity index (χ4v) is 3.98. The first-order valence-corrected chi connectivity index (χ1v) is 9.30. The Kier molecular flexibility index (Phi) is 4.62. The molecule has 0 bridgehead atoms. The molecule has 0 aliphatic heterocycles. The number of aromatic nitrogens is 1. The number of fused-ring (bicyclic) bond motifs is 2. The molecule has 6 heteroatoms. The first-order valence-electron chi connectivity index (χ1n) is 8.92. The van der Waals surface area contributed by atoms with Gasteiger partial charge in [0.2, 0.25) is 5.91 Å². The standard InChI is InChI=1S/C21H20ClN3O2/c1-23-20(26)16-9-12-4-2-3-5-13(12)10-18(16)25-21(27)19-11-14-8-15(22)6-7-17(14)24-19/h2-8,11,16,18,24H,9-10H2,1H3,(H,23,26)(H,25,27)/t16-,18?/m1/s1. The number of amides is 2. The van der Waals surface area contributed by atoms with Crippen molar-refractivity contribution in [3.63, 3.8) is 0 Å². The highest BCUT2D eigenvalue weighted by molar-refractivity contribution is 6.31. The number of H-pyrrole nitrogens is 1. The lowest BCUT2D eigenvalue weighted by Gasteiger charge is -2.32. The van der Waals surface area contributed by atoms with Gasteiger partial charge in [-0.25, -0.2) is 0 Å². The van der Waals surface area contributed by atoms with E-state index >= 15 is 0 Å². The van der Waals surface area contributed by atoms with Crippen LogP contribution in [0, 0.1) is 5.92 Å². The van der Waals surface area contributed by atoms with Crippen LogP contribution in [-0.4, -0.2) is 29.9 Å². The second kappa shape index (κ2) is 7.08. The third kappa shape index (κ3) is 3.43. The third-order valence-corrected chi connectivity index (χ3v) is 5.45. The molecule has 0 spiro atoms. The molecule has 2 aromatic carbocycles. The highest BCUT2D eigenvalue weighted by atomic mass is 35.5. The van der Waals surface area contributed by atoms with Crippen molar-refractivity contribution in [2.45, 2.75) is 18.9 Å². The number of benzene rings is 2. The molecule has 0 radical (unpaired) electrons. The molecule has 1 aliphatic rings. The zero-order valence-electron chi connectivity index (χ0n) is 14.9. The van der Waals surface area contributed by atoms with Gasteiger partial charge in [-0.15, -0.1) is 0 Å². The van der Waals surface area contributed by atoms with Crippen molar-refractivity contribution in [2.75, 3.05) is 7.05 Å². The zero-order chi connectivity index (χ0) is 19.0. The van der Waals surface area contributed by atoms with E-state index in [9.17, 15) is 9.59 Å². The molecule has 1 aromatic heterocycles. The van der Waals surface area contributed by atoms with Gasteiger partial charge in [0, 0.05) is 29.0 Å². The molecule has 1 heterocycles. The maximum atomic E-state index is 12.8. The van der Waals surface area contributed by atoms with Crippen molar-refractivity contribution >= 4 is 34.3 Å². The summed E-state index contributed by atoms with van der Waals surface area (Å²) in [6.07, 6.45) is 1.25. The second-order valence-electron chi connectivity index (χ2n) is 6.89. The summed E-state index contributed by atoms with van der Waals surface area (Å²) >= 11 is 6.02. The van der Waals surface area contributed by atoms with E-state index in [0.717, 1.165) is 16.5 Å². The first-order chi connectivity index (χ1) is 13.0. The van der Waals surface area contributed by atoms with Gasteiger partial charge in [0.05, 0.1) is 5.92 Å². The van der Waals surface area contributed by atoms with Crippen molar-refractivity contribution in [2.24, 2.45) is 5.92 Å². The Balaban J connectivity index is 1.60. The van der Waals surface area contributed by atoms with Gasteiger partial charge in [0.1, 0.15) is 5.69 Å². The quantitative estimate of drug-likeness (QED) is 0.652. The molecule has 4 rings (SSSR count). The molecule has 1 unspecified atom stereocenters. The van der Waals surface area contributed by atoms with Crippen molar-refractivity contribution in [1.82, 2.24) is 15.6 Å². The summed E-state index contributed by atoms with van der Waals surface area (Å²) in [5, 5.41) is 7.28. The van der Waals surface area contributed by atoms with Crippen LogP contribution >= 0.6 is 11.6 Å². The lowest BCUT2D eigenvalue weighted by Crippen LogP contribution is -2.50. The van der Waals surface area contributed by atoms with Crippen LogP contribution in [0.4, 0.5) is 0 Å². The Morgan fingerprint density at radius 3 is 2.56 bits per heavy atom. The Hall–Kier alpha value is -2.79. The van der Waals surface area contributed by atoms with Crippen LogP contribution < -0.4 is 10.6 Å². The van der Waals surface area contributed by atoms with Crippen molar-refractivity contribution in [1.29, 1.82) is 0 Å². The molecule has 5 nitrogen and oxygen atoms in total. The van der Waals surface area contributed by atoms with Gasteiger partial charge >= 0.3 is 0 Å². The van der Waals surface area contributed by atoms with E-state index < -0.39 is 0 Å². The molecule has 3 N–H and O–H groups in total. The third-order valence-electron chi connectivity index (χ3n) is 5.21. The molecule has 2 amide bonds. The number of hydrogen-bond donors (Lipinski definition) is 3. The van der Waals surface area contributed by atoms with Crippen LogP contribution in [0.25, 0.3) is 10.9 Å². The normalized spacial score (nSPS) is 18.7. The van der Waals surface area contributed by atoms with E-state index in [1.807, 2.05) is 30.3 Å². The maximum absolute atomic E-state index is 12.8. The first kappa shape index (κ1) is 17.6.